The number of amides is 3. The first-order valence-electron chi connectivity index (χ1n) is 10.1. The van der Waals surface area contributed by atoms with Crippen molar-refractivity contribution in [1.29, 1.82) is 0 Å². The van der Waals surface area contributed by atoms with Gasteiger partial charge >= 0.3 is 6.03 Å². The third-order valence-corrected chi connectivity index (χ3v) is 5.75. The Morgan fingerprint density at radius 3 is 2.62 bits per heavy atom. The van der Waals surface area contributed by atoms with Gasteiger partial charge in [-0.05, 0) is 36.8 Å². The summed E-state index contributed by atoms with van der Waals surface area (Å²) in [6, 6.07) is 13.8. The van der Waals surface area contributed by atoms with Gasteiger partial charge in [-0.3, -0.25) is 4.79 Å². The molecule has 0 unspecified atom stereocenters. The van der Waals surface area contributed by atoms with Gasteiger partial charge in [0.15, 0.2) is 0 Å². The van der Waals surface area contributed by atoms with E-state index in [4.69, 9.17) is 4.74 Å². The normalized spacial score (nSPS) is 15.8. The number of ether oxygens (including phenoxy) is 1. The molecule has 156 valence electrons. The second-order valence-electron chi connectivity index (χ2n) is 7.17. The summed E-state index contributed by atoms with van der Waals surface area (Å²) >= 11 is 1.63. The van der Waals surface area contributed by atoms with Gasteiger partial charge in [0.25, 0.3) is 0 Å². The van der Waals surface area contributed by atoms with Crippen LogP contribution in [-0.4, -0.2) is 54.1 Å². The monoisotopic (exact) mass is 415 g/mol. The number of hydrogen-bond acceptors (Lipinski definition) is 4. The molecule has 29 heavy (non-hydrogen) atoms. The summed E-state index contributed by atoms with van der Waals surface area (Å²) in [5.74, 6) is -0.0634. The van der Waals surface area contributed by atoms with Gasteiger partial charge in [-0.2, -0.15) is 0 Å². The maximum absolute atomic E-state index is 13.2. The van der Waals surface area contributed by atoms with E-state index in [0.29, 0.717) is 26.2 Å². The minimum atomic E-state index is -0.216. The molecule has 1 aromatic carbocycles. The standard InChI is InChI=1S/C22H29N3O3S/c1-2-23-22(27)25(15-19-10-6-12-28-19)17-21(26)24(16-20-11-7-13-29-20)14-18-8-4-3-5-9-18/h3-5,7-9,11,13,19H,2,6,10,12,14-17H2,1H3,(H,23,27)/t19-/m0/s1. The molecule has 3 rings (SSSR count). The van der Waals surface area contributed by atoms with E-state index in [1.807, 2.05) is 59.7 Å². The fourth-order valence-corrected chi connectivity index (χ4v) is 4.13. The van der Waals surface area contributed by atoms with Crippen LogP contribution >= 0.6 is 11.3 Å². The van der Waals surface area contributed by atoms with Crippen LogP contribution in [-0.2, 0) is 22.6 Å². The highest BCUT2D eigenvalue weighted by Gasteiger charge is 2.26. The Balaban J connectivity index is 1.71. The number of nitrogens with zero attached hydrogens (tertiary/aromatic N) is 2. The van der Waals surface area contributed by atoms with Gasteiger partial charge in [-0.1, -0.05) is 36.4 Å². The Hall–Kier alpha value is -2.38. The molecular formula is C22H29N3O3S. The summed E-state index contributed by atoms with van der Waals surface area (Å²) in [4.78, 5) is 30.3. The van der Waals surface area contributed by atoms with Gasteiger partial charge in [0, 0.05) is 31.1 Å². The van der Waals surface area contributed by atoms with Crippen molar-refractivity contribution in [2.75, 3.05) is 26.2 Å². The number of urea groups is 1. The first kappa shape index (κ1) is 21.3. The van der Waals surface area contributed by atoms with Gasteiger partial charge in [0.2, 0.25) is 5.91 Å². The largest absolute Gasteiger partial charge is 0.376 e. The number of nitrogens with one attached hydrogen (secondary N) is 1. The van der Waals surface area contributed by atoms with E-state index < -0.39 is 0 Å². The molecule has 3 amide bonds. The second kappa shape index (κ2) is 11.0. The zero-order valence-corrected chi connectivity index (χ0v) is 17.7. The molecule has 0 saturated carbocycles. The highest BCUT2D eigenvalue weighted by molar-refractivity contribution is 7.09. The maximum Gasteiger partial charge on any atom is 0.317 e. The van der Waals surface area contributed by atoms with Crippen LogP contribution in [0.3, 0.4) is 0 Å². The third kappa shape index (κ3) is 6.58. The van der Waals surface area contributed by atoms with Crippen LogP contribution in [0.1, 0.15) is 30.2 Å². The molecule has 2 heterocycles. The third-order valence-electron chi connectivity index (χ3n) is 4.89. The van der Waals surface area contributed by atoms with E-state index in [1.165, 1.54) is 0 Å². The topological polar surface area (TPSA) is 61.9 Å². The predicted octanol–water partition coefficient (Wildman–Crippen LogP) is 3.49. The van der Waals surface area contributed by atoms with Crippen molar-refractivity contribution in [2.24, 2.45) is 0 Å². The van der Waals surface area contributed by atoms with Gasteiger partial charge in [0.1, 0.15) is 6.54 Å². The molecule has 1 saturated heterocycles. The Bertz CT molecular complexity index is 761. The number of benzene rings is 1. The van der Waals surface area contributed by atoms with Crippen LogP contribution in [0.5, 0.6) is 0 Å². The molecule has 0 radical (unpaired) electrons. The van der Waals surface area contributed by atoms with Gasteiger partial charge in [-0.15, -0.1) is 11.3 Å². The lowest BCUT2D eigenvalue weighted by Crippen LogP contribution is -2.48. The summed E-state index contributed by atoms with van der Waals surface area (Å²) in [5.41, 5.74) is 1.07. The van der Waals surface area contributed by atoms with E-state index in [1.54, 1.807) is 16.2 Å². The lowest BCUT2D eigenvalue weighted by Gasteiger charge is -2.29. The molecule has 6 nitrogen and oxygen atoms in total. The van der Waals surface area contributed by atoms with Crippen molar-refractivity contribution in [2.45, 2.75) is 39.0 Å². The molecule has 1 fully saturated rings. The molecule has 1 aliphatic rings. The minimum Gasteiger partial charge on any atom is -0.376 e. The summed E-state index contributed by atoms with van der Waals surface area (Å²) < 4.78 is 5.69. The number of carbonyl (C=O) groups is 2. The first-order chi connectivity index (χ1) is 14.2. The average molecular weight is 416 g/mol. The lowest BCUT2D eigenvalue weighted by molar-refractivity contribution is -0.133. The highest BCUT2D eigenvalue weighted by Crippen LogP contribution is 2.17. The van der Waals surface area contributed by atoms with Crippen LogP contribution in [0.15, 0.2) is 47.8 Å². The Morgan fingerprint density at radius 1 is 1.14 bits per heavy atom. The van der Waals surface area contributed by atoms with E-state index in [2.05, 4.69) is 5.32 Å². The molecule has 1 aliphatic heterocycles. The first-order valence-corrected chi connectivity index (χ1v) is 11.0. The summed E-state index contributed by atoms with van der Waals surface area (Å²) in [5, 5.41) is 4.83. The predicted molar refractivity (Wildman–Crippen MR) is 115 cm³/mol. The average Bonchev–Trinajstić information content (AvgIpc) is 3.42. The molecule has 1 N–H and O–H groups in total. The van der Waals surface area contributed by atoms with Gasteiger partial charge in [-0.25, -0.2) is 4.79 Å². The molecule has 0 aliphatic carbocycles. The SMILES string of the molecule is CCNC(=O)N(CC(=O)N(Cc1ccccc1)Cc1cccs1)C[C@@H]1CCCO1. The summed E-state index contributed by atoms with van der Waals surface area (Å²) in [6.07, 6.45) is 1.93. The smallest absolute Gasteiger partial charge is 0.317 e. The lowest BCUT2D eigenvalue weighted by atomic mass is 10.2. The second-order valence-corrected chi connectivity index (χ2v) is 8.20. The van der Waals surface area contributed by atoms with Crippen molar-refractivity contribution >= 4 is 23.3 Å². The van der Waals surface area contributed by atoms with E-state index in [-0.39, 0.29) is 24.6 Å². The number of rotatable bonds is 9. The molecule has 2 aromatic rings. The van der Waals surface area contributed by atoms with Crippen molar-refractivity contribution in [3.05, 3.63) is 58.3 Å². The molecule has 7 heteroatoms. The fraction of sp³-hybridized carbons (Fsp3) is 0.455. The molecule has 1 atom stereocenters. The van der Waals surface area contributed by atoms with Crippen molar-refractivity contribution < 1.29 is 14.3 Å². The maximum atomic E-state index is 13.2. The van der Waals surface area contributed by atoms with Crippen LogP contribution in [0.2, 0.25) is 0 Å². The Kier molecular flexibility index (Phi) is 8.07. The molecular weight excluding hydrogens is 386 g/mol. The molecule has 0 bridgehead atoms. The molecule has 1 aromatic heterocycles. The van der Waals surface area contributed by atoms with E-state index in [9.17, 15) is 9.59 Å². The summed E-state index contributed by atoms with van der Waals surface area (Å²) in [7, 11) is 0. The molecule has 0 spiro atoms. The van der Waals surface area contributed by atoms with Crippen LogP contribution in [0.4, 0.5) is 4.79 Å². The number of carbonyl (C=O) groups excluding carboxylic acids is 2. The Morgan fingerprint density at radius 2 is 1.97 bits per heavy atom. The van der Waals surface area contributed by atoms with E-state index in [0.717, 1.165) is 29.9 Å². The fourth-order valence-electron chi connectivity index (χ4n) is 3.41. The van der Waals surface area contributed by atoms with Crippen LogP contribution < -0.4 is 5.32 Å². The van der Waals surface area contributed by atoms with Crippen molar-refractivity contribution in [3.63, 3.8) is 0 Å². The van der Waals surface area contributed by atoms with E-state index >= 15 is 0 Å². The van der Waals surface area contributed by atoms with Crippen molar-refractivity contribution in [3.8, 4) is 0 Å². The van der Waals surface area contributed by atoms with Crippen molar-refractivity contribution in [1.82, 2.24) is 15.1 Å². The zero-order chi connectivity index (χ0) is 20.5. The van der Waals surface area contributed by atoms with Gasteiger partial charge in [0.05, 0.1) is 12.6 Å². The minimum absolute atomic E-state index is 0.00488. The quantitative estimate of drug-likeness (QED) is 0.682. The van der Waals surface area contributed by atoms with Crippen LogP contribution in [0.25, 0.3) is 0 Å². The number of thiophene rings is 1. The Labute approximate surface area is 176 Å². The summed E-state index contributed by atoms with van der Waals surface area (Å²) in [6.45, 7) is 4.66. The zero-order valence-electron chi connectivity index (χ0n) is 16.9. The van der Waals surface area contributed by atoms with Gasteiger partial charge < -0.3 is 19.9 Å². The highest BCUT2D eigenvalue weighted by atomic mass is 32.1. The van der Waals surface area contributed by atoms with Crippen LogP contribution in [0, 0.1) is 0 Å². The number of hydrogen-bond donors (Lipinski definition) is 1.